The van der Waals surface area contributed by atoms with Gasteiger partial charge in [0.1, 0.15) is 12.4 Å². The molecular weight excluding hydrogens is 651 g/mol. The third-order valence-electron chi connectivity index (χ3n) is 4.64. The van der Waals surface area contributed by atoms with Crippen LogP contribution in [0.1, 0.15) is 23.6 Å². The Labute approximate surface area is 217 Å². The van der Waals surface area contributed by atoms with Crippen molar-refractivity contribution in [2.75, 3.05) is 6.61 Å². The quantitative estimate of drug-likeness (QED) is 0.167. The van der Waals surface area contributed by atoms with E-state index in [0.717, 1.165) is 23.8 Å². The van der Waals surface area contributed by atoms with Crippen molar-refractivity contribution in [2.45, 2.75) is 13.5 Å². The molecule has 33 heavy (non-hydrogen) atoms. The molecular formula is C25H18FI2NO4. The third-order valence-corrected chi connectivity index (χ3v) is 6.16. The van der Waals surface area contributed by atoms with Crippen LogP contribution in [0.15, 0.2) is 71.4 Å². The minimum Gasteiger partial charge on any atom is -0.490 e. The maximum absolute atomic E-state index is 13.1. The van der Waals surface area contributed by atoms with Crippen LogP contribution in [0.4, 0.5) is 4.39 Å². The number of aliphatic imine (C=N–C) groups is 1. The molecule has 8 heteroatoms. The van der Waals surface area contributed by atoms with Gasteiger partial charge in [0.05, 0.1) is 10.2 Å². The lowest BCUT2D eigenvalue weighted by Crippen LogP contribution is -2.05. The first-order valence-electron chi connectivity index (χ1n) is 10.0. The molecule has 5 nitrogen and oxygen atoms in total. The van der Waals surface area contributed by atoms with Crippen LogP contribution in [0.3, 0.4) is 0 Å². The van der Waals surface area contributed by atoms with Crippen LogP contribution in [0.2, 0.25) is 0 Å². The summed E-state index contributed by atoms with van der Waals surface area (Å²) >= 11 is 4.37. The van der Waals surface area contributed by atoms with Crippen molar-refractivity contribution in [3.8, 4) is 11.5 Å². The molecule has 0 fully saturated rings. The summed E-state index contributed by atoms with van der Waals surface area (Å²) < 4.78 is 32.2. The van der Waals surface area contributed by atoms with Gasteiger partial charge in [-0.2, -0.15) is 0 Å². The number of rotatable bonds is 7. The first kappa shape index (κ1) is 23.7. The van der Waals surface area contributed by atoms with Crippen LogP contribution in [0, 0.1) is 13.0 Å². The lowest BCUT2D eigenvalue weighted by molar-refractivity contribution is -0.129. The largest absolute Gasteiger partial charge is 0.490 e. The van der Waals surface area contributed by atoms with Crippen molar-refractivity contribution in [1.29, 1.82) is 0 Å². The molecule has 0 unspecified atom stereocenters. The number of carbonyl (C=O) groups excluding carboxylic acids is 1. The number of halogens is 3. The van der Waals surface area contributed by atoms with Crippen LogP contribution in [0.5, 0.6) is 11.5 Å². The summed E-state index contributed by atoms with van der Waals surface area (Å²) in [6, 6.07) is 17.4. The highest BCUT2D eigenvalue weighted by Crippen LogP contribution is 2.36. The minimum atomic E-state index is -0.506. The molecule has 1 heterocycles. The molecule has 0 saturated carbocycles. The average molecular weight is 669 g/mol. The van der Waals surface area contributed by atoms with E-state index in [0.29, 0.717) is 18.1 Å². The second kappa shape index (κ2) is 10.6. The molecule has 0 atom stereocenters. The molecule has 0 N–H and O–H groups in total. The van der Waals surface area contributed by atoms with Crippen molar-refractivity contribution in [1.82, 2.24) is 0 Å². The summed E-state index contributed by atoms with van der Waals surface area (Å²) in [5, 5.41) is 0. The van der Waals surface area contributed by atoms with Crippen molar-refractivity contribution in [2.24, 2.45) is 4.99 Å². The Morgan fingerprint density at radius 1 is 1.03 bits per heavy atom. The van der Waals surface area contributed by atoms with E-state index in [1.165, 1.54) is 12.1 Å². The highest BCUT2D eigenvalue weighted by molar-refractivity contribution is 14.1. The Hall–Kier alpha value is -2.47. The third kappa shape index (κ3) is 5.91. The van der Waals surface area contributed by atoms with Gasteiger partial charge in [0, 0.05) is 9.13 Å². The maximum atomic E-state index is 13.1. The van der Waals surface area contributed by atoms with E-state index in [-0.39, 0.29) is 24.0 Å². The fourth-order valence-electron chi connectivity index (χ4n) is 3.09. The molecule has 4 rings (SSSR count). The van der Waals surface area contributed by atoms with Crippen molar-refractivity contribution >= 4 is 63.1 Å². The molecule has 0 amide bonds. The minimum absolute atomic E-state index is 0.210. The van der Waals surface area contributed by atoms with Crippen LogP contribution in [-0.4, -0.2) is 18.5 Å². The predicted molar refractivity (Wildman–Crippen MR) is 141 cm³/mol. The van der Waals surface area contributed by atoms with Gasteiger partial charge in [0.15, 0.2) is 17.2 Å². The number of esters is 1. The highest BCUT2D eigenvalue weighted by atomic mass is 127. The van der Waals surface area contributed by atoms with E-state index in [1.54, 1.807) is 24.3 Å². The smallest absolute Gasteiger partial charge is 0.363 e. The number of benzene rings is 3. The van der Waals surface area contributed by atoms with Gasteiger partial charge in [-0.15, -0.1) is 0 Å². The van der Waals surface area contributed by atoms with E-state index >= 15 is 0 Å². The lowest BCUT2D eigenvalue weighted by atomic mass is 10.1. The fourth-order valence-corrected chi connectivity index (χ4v) is 4.23. The molecule has 3 aromatic rings. The van der Waals surface area contributed by atoms with Gasteiger partial charge < -0.3 is 14.2 Å². The molecule has 0 aliphatic carbocycles. The number of nitrogens with zero attached hydrogens (tertiary/aromatic N) is 1. The summed E-state index contributed by atoms with van der Waals surface area (Å²) in [6.07, 6.45) is 1.66. The highest BCUT2D eigenvalue weighted by Gasteiger charge is 2.24. The second-order valence-electron chi connectivity index (χ2n) is 7.02. The summed E-state index contributed by atoms with van der Waals surface area (Å²) in [5.74, 6) is 0.612. The molecule has 168 valence electrons. The van der Waals surface area contributed by atoms with E-state index < -0.39 is 5.97 Å². The van der Waals surface area contributed by atoms with Gasteiger partial charge >= 0.3 is 5.97 Å². The van der Waals surface area contributed by atoms with E-state index in [4.69, 9.17) is 14.2 Å². The van der Waals surface area contributed by atoms with Crippen LogP contribution < -0.4 is 9.47 Å². The Balaban J connectivity index is 1.60. The Kier molecular flexibility index (Phi) is 7.63. The number of carbonyl (C=O) groups is 1. The van der Waals surface area contributed by atoms with E-state index in [9.17, 15) is 9.18 Å². The zero-order valence-corrected chi connectivity index (χ0v) is 21.8. The first-order chi connectivity index (χ1) is 15.9. The Morgan fingerprint density at radius 2 is 1.76 bits per heavy atom. The molecule has 0 spiro atoms. The SMILES string of the molecule is CCOc1cc(/C=C2\N=C(c3ccc(I)cc3)OC2=O)cc(I)c1OCc1ccc(F)cc1. The van der Waals surface area contributed by atoms with Crippen molar-refractivity contribution in [3.63, 3.8) is 0 Å². The van der Waals surface area contributed by atoms with Gasteiger partial charge in [-0.05, 0) is 118 Å². The van der Waals surface area contributed by atoms with Crippen LogP contribution >= 0.6 is 45.2 Å². The van der Waals surface area contributed by atoms with Crippen molar-refractivity contribution in [3.05, 3.63) is 96.0 Å². The maximum Gasteiger partial charge on any atom is 0.363 e. The first-order valence-corrected chi connectivity index (χ1v) is 12.2. The topological polar surface area (TPSA) is 57.1 Å². The van der Waals surface area contributed by atoms with Gasteiger partial charge in [-0.1, -0.05) is 12.1 Å². The molecule has 3 aromatic carbocycles. The Morgan fingerprint density at radius 3 is 2.45 bits per heavy atom. The summed E-state index contributed by atoms with van der Waals surface area (Å²) in [5.41, 5.74) is 2.52. The van der Waals surface area contributed by atoms with Gasteiger partial charge in [0.2, 0.25) is 5.90 Å². The van der Waals surface area contributed by atoms with E-state index in [2.05, 4.69) is 50.2 Å². The normalized spacial score (nSPS) is 14.2. The van der Waals surface area contributed by atoms with Gasteiger partial charge in [-0.25, -0.2) is 14.2 Å². The van der Waals surface area contributed by atoms with Crippen LogP contribution in [0.25, 0.3) is 6.08 Å². The summed E-state index contributed by atoms with van der Waals surface area (Å²) in [6.45, 7) is 2.60. The second-order valence-corrected chi connectivity index (χ2v) is 9.43. The zero-order chi connectivity index (χ0) is 23.4. The average Bonchev–Trinajstić information content (AvgIpc) is 3.15. The molecule has 0 radical (unpaired) electrons. The molecule has 0 aromatic heterocycles. The summed E-state index contributed by atoms with van der Waals surface area (Å²) in [4.78, 5) is 16.8. The van der Waals surface area contributed by atoms with Gasteiger partial charge in [-0.3, -0.25) is 0 Å². The standard InChI is InChI=1S/C25H18FI2NO4/c1-2-31-22-13-16(11-20(28)23(22)32-14-15-3-7-18(26)8-4-15)12-21-25(30)33-24(29-21)17-5-9-19(27)10-6-17/h3-13H,2,14H2,1H3/b21-12-. The molecule has 0 saturated heterocycles. The predicted octanol–water partition coefficient (Wildman–Crippen LogP) is 6.36. The zero-order valence-electron chi connectivity index (χ0n) is 17.5. The number of cyclic esters (lactones) is 1. The Bertz CT molecular complexity index is 1240. The lowest BCUT2D eigenvalue weighted by Gasteiger charge is -2.15. The molecule has 1 aliphatic rings. The number of hydrogen-bond donors (Lipinski definition) is 0. The number of ether oxygens (including phenoxy) is 3. The molecule has 1 aliphatic heterocycles. The molecule has 0 bridgehead atoms. The summed E-state index contributed by atoms with van der Waals surface area (Å²) in [7, 11) is 0. The van der Waals surface area contributed by atoms with E-state index in [1.807, 2.05) is 37.3 Å². The number of hydrogen-bond acceptors (Lipinski definition) is 5. The van der Waals surface area contributed by atoms with Gasteiger partial charge in [0.25, 0.3) is 0 Å². The van der Waals surface area contributed by atoms with Crippen molar-refractivity contribution < 1.29 is 23.4 Å². The fraction of sp³-hybridized carbons (Fsp3) is 0.120. The monoisotopic (exact) mass is 669 g/mol. The van der Waals surface area contributed by atoms with Crippen LogP contribution in [-0.2, 0) is 16.1 Å².